The predicted octanol–water partition coefficient (Wildman–Crippen LogP) is 2.21. The lowest BCUT2D eigenvalue weighted by atomic mass is 10.1. The van der Waals surface area contributed by atoms with Crippen LogP contribution in [0.5, 0.6) is 0 Å². The fourth-order valence-electron chi connectivity index (χ4n) is 4.06. The first-order valence-electron chi connectivity index (χ1n) is 10.6. The van der Waals surface area contributed by atoms with Gasteiger partial charge in [0.1, 0.15) is 0 Å². The molecule has 32 heavy (non-hydrogen) atoms. The maximum absolute atomic E-state index is 12.7. The normalized spacial score (nSPS) is 14.8. The number of fused-ring (bicyclic) bond motifs is 2. The van der Waals surface area contributed by atoms with Crippen LogP contribution in [0.4, 0.5) is 0 Å². The van der Waals surface area contributed by atoms with E-state index in [-0.39, 0.29) is 55.7 Å². The Bertz CT molecular complexity index is 977. The average Bonchev–Trinajstić information content (AvgIpc) is 3.19. The van der Waals surface area contributed by atoms with Crippen LogP contribution in [0.3, 0.4) is 0 Å². The van der Waals surface area contributed by atoms with Crippen molar-refractivity contribution in [2.24, 2.45) is 0 Å². The Morgan fingerprint density at radius 3 is 1.34 bits per heavy atom. The van der Waals surface area contributed by atoms with E-state index in [1.54, 1.807) is 48.5 Å². The molecule has 2 aromatic carbocycles. The second-order valence-corrected chi connectivity index (χ2v) is 7.75. The molecule has 8 nitrogen and oxygen atoms in total. The number of hydrogen-bond donors (Lipinski definition) is 0. The summed E-state index contributed by atoms with van der Waals surface area (Å²) in [5.41, 5.74) is 1.43. The van der Waals surface area contributed by atoms with E-state index in [2.05, 4.69) is 0 Å². The minimum atomic E-state index is -0.381. The zero-order valence-corrected chi connectivity index (χ0v) is 17.7. The average molecular weight is 433 g/mol. The number of carbonyl (C=O) groups excluding carboxylic acids is 5. The van der Waals surface area contributed by atoms with Crippen LogP contribution in [-0.4, -0.2) is 70.4 Å². The number of hydrogen-bond acceptors (Lipinski definition) is 5. The Labute approximate surface area is 185 Å². The van der Waals surface area contributed by atoms with E-state index in [9.17, 15) is 24.0 Å². The van der Waals surface area contributed by atoms with Crippen LogP contribution in [0.2, 0.25) is 0 Å². The minimum Gasteiger partial charge on any atom is -0.339 e. The van der Waals surface area contributed by atoms with Gasteiger partial charge in [0.2, 0.25) is 5.91 Å². The van der Waals surface area contributed by atoms with Gasteiger partial charge >= 0.3 is 0 Å². The number of amides is 5. The highest BCUT2D eigenvalue weighted by atomic mass is 16.2. The monoisotopic (exact) mass is 433 g/mol. The summed E-state index contributed by atoms with van der Waals surface area (Å²) in [5.74, 6) is -1.67. The van der Waals surface area contributed by atoms with Crippen LogP contribution in [0.15, 0.2) is 48.5 Å². The molecule has 0 N–H and O–H groups in total. The van der Waals surface area contributed by atoms with Crippen molar-refractivity contribution in [3.05, 3.63) is 70.8 Å². The summed E-state index contributed by atoms with van der Waals surface area (Å²) < 4.78 is 0. The maximum Gasteiger partial charge on any atom is 0.261 e. The molecule has 0 fully saturated rings. The van der Waals surface area contributed by atoms with Gasteiger partial charge in [0.25, 0.3) is 23.6 Å². The van der Waals surface area contributed by atoms with Crippen LogP contribution in [-0.2, 0) is 4.79 Å². The van der Waals surface area contributed by atoms with Gasteiger partial charge in [0, 0.05) is 32.6 Å². The molecule has 0 atom stereocenters. The molecule has 2 aliphatic heterocycles. The molecule has 4 rings (SSSR count). The molecule has 0 saturated carbocycles. The lowest BCUT2D eigenvalue weighted by Gasteiger charge is -2.26. The van der Waals surface area contributed by atoms with Gasteiger partial charge in [-0.3, -0.25) is 33.8 Å². The molecule has 0 unspecified atom stereocenters. The Morgan fingerprint density at radius 2 is 1.03 bits per heavy atom. The molecule has 2 heterocycles. The molecular formula is C24H23N3O5. The van der Waals surface area contributed by atoms with E-state index in [1.807, 2.05) is 6.92 Å². The fraction of sp³-hybridized carbons (Fsp3) is 0.292. The second-order valence-electron chi connectivity index (χ2n) is 7.75. The summed E-state index contributed by atoms with van der Waals surface area (Å²) in [4.78, 5) is 66.8. The highest BCUT2D eigenvalue weighted by Gasteiger charge is 2.37. The molecule has 0 aromatic heterocycles. The molecule has 0 bridgehead atoms. The van der Waals surface area contributed by atoms with Crippen molar-refractivity contribution in [1.82, 2.24) is 14.7 Å². The Balaban J connectivity index is 1.43. The zero-order valence-electron chi connectivity index (χ0n) is 17.7. The maximum atomic E-state index is 12.7. The highest BCUT2D eigenvalue weighted by molar-refractivity contribution is 6.22. The summed E-state index contributed by atoms with van der Waals surface area (Å²) in [5, 5.41) is 0. The molecule has 8 heteroatoms. The third-order valence-corrected chi connectivity index (χ3v) is 5.76. The van der Waals surface area contributed by atoms with Gasteiger partial charge in [-0.15, -0.1) is 0 Å². The molecule has 0 saturated heterocycles. The largest absolute Gasteiger partial charge is 0.339 e. The van der Waals surface area contributed by atoms with E-state index in [0.29, 0.717) is 35.1 Å². The number of imide groups is 2. The molecule has 0 radical (unpaired) electrons. The smallest absolute Gasteiger partial charge is 0.261 e. The van der Waals surface area contributed by atoms with Crippen LogP contribution in [0, 0.1) is 0 Å². The van der Waals surface area contributed by atoms with Crippen molar-refractivity contribution in [1.29, 1.82) is 0 Å². The van der Waals surface area contributed by atoms with Crippen molar-refractivity contribution in [2.45, 2.75) is 19.8 Å². The summed E-state index contributed by atoms with van der Waals surface area (Å²) in [6.45, 7) is 2.24. The standard InChI is InChI=1S/C24H23N3O5/c1-2-7-20(28)25(12-14-26-21(29)16-8-3-4-9-17(16)22(26)30)13-15-27-23(31)18-10-5-6-11-19(18)24(27)32/h3-6,8-11H,2,7,12-15H2,1H3. The van der Waals surface area contributed by atoms with Crippen molar-refractivity contribution < 1.29 is 24.0 Å². The van der Waals surface area contributed by atoms with Gasteiger partial charge in [-0.1, -0.05) is 31.2 Å². The first-order chi connectivity index (χ1) is 15.4. The molecule has 0 aliphatic carbocycles. The van der Waals surface area contributed by atoms with E-state index >= 15 is 0 Å². The zero-order chi connectivity index (χ0) is 22.8. The van der Waals surface area contributed by atoms with E-state index in [1.165, 1.54) is 4.90 Å². The van der Waals surface area contributed by atoms with Crippen LogP contribution in [0.1, 0.15) is 61.2 Å². The lowest BCUT2D eigenvalue weighted by Crippen LogP contribution is -2.45. The number of carbonyl (C=O) groups is 5. The van der Waals surface area contributed by atoms with Crippen molar-refractivity contribution in [3.8, 4) is 0 Å². The van der Waals surface area contributed by atoms with Crippen LogP contribution < -0.4 is 0 Å². The van der Waals surface area contributed by atoms with Crippen molar-refractivity contribution >= 4 is 29.5 Å². The van der Waals surface area contributed by atoms with Crippen LogP contribution in [0.25, 0.3) is 0 Å². The van der Waals surface area contributed by atoms with Gasteiger partial charge in [-0.2, -0.15) is 0 Å². The van der Waals surface area contributed by atoms with Gasteiger partial charge in [0.05, 0.1) is 22.3 Å². The number of nitrogens with zero attached hydrogens (tertiary/aromatic N) is 3. The minimum absolute atomic E-state index is 0.0456. The van der Waals surface area contributed by atoms with E-state index in [0.717, 1.165) is 9.80 Å². The van der Waals surface area contributed by atoms with Gasteiger partial charge in [-0.05, 0) is 30.7 Å². The molecule has 2 aliphatic rings. The highest BCUT2D eigenvalue weighted by Crippen LogP contribution is 2.23. The molecule has 0 spiro atoms. The Morgan fingerprint density at radius 1 is 0.688 bits per heavy atom. The van der Waals surface area contributed by atoms with E-state index in [4.69, 9.17) is 0 Å². The predicted molar refractivity (Wildman–Crippen MR) is 115 cm³/mol. The van der Waals surface area contributed by atoms with E-state index < -0.39 is 0 Å². The Hall–Kier alpha value is -3.81. The third kappa shape index (κ3) is 3.68. The second kappa shape index (κ2) is 8.74. The quantitative estimate of drug-likeness (QED) is 0.595. The summed E-state index contributed by atoms with van der Waals surface area (Å²) in [6.07, 6.45) is 0.930. The fourth-order valence-corrected chi connectivity index (χ4v) is 4.06. The number of benzene rings is 2. The molecule has 164 valence electrons. The first kappa shape index (κ1) is 21.4. The summed E-state index contributed by atoms with van der Waals surface area (Å²) >= 11 is 0. The van der Waals surface area contributed by atoms with Crippen molar-refractivity contribution in [2.75, 3.05) is 26.2 Å². The number of rotatable bonds is 8. The lowest BCUT2D eigenvalue weighted by molar-refractivity contribution is -0.131. The molecule has 2 aromatic rings. The molecule has 5 amide bonds. The van der Waals surface area contributed by atoms with Gasteiger partial charge in [0.15, 0.2) is 0 Å². The van der Waals surface area contributed by atoms with Gasteiger partial charge < -0.3 is 4.90 Å². The third-order valence-electron chi connectivity index (χ3n) is 5.76. The summed E-state index contributed by atoms with van der Waals surface area (Å²) in [7, 11) is 0. The van der Waals surface area contributed by atoms with Crippen LogP contribution >= 0.6 is 0 Å². The summed E-state index contributed by atoms with van der Waals surface area (Å²) in [6, 6.07) is 13.2. The topological polar surface area (TPSA) is 95.1 Å². The van der Waals surface area contributed by atoms with Crippen molar-refractivity contribution in [3.63, 3.8) is 0 Å². The SMILES string of the molecule is CCCC(=O)N(CCN1C(=O)c2ccccc2C1=O)CCN1C(=O)c2ccccc2C1=O. The van der Waals surface area contributed by atoms with Gasteiger partial charge in [-0.25, -0.2) is 0 Å². The Kier molecular flexibility index (Phi) is 5.85. The first-order valence-corrected chi connectivity index (χ1v) is 10.6. The molecular weight excluding hydrogens is 410 g/mol.